The van der Waals surface area contributed by atoms with Gasteiger partial charge in [-0.2, -0.15) is 0 Å². The third kappa shape index (κ3) is 3.64. The van der Waals surface area contributed by atoms with Crippen LogP contribution in [0.1, 0.15) is 33.7 Å². The van der Waals surface area contributed by atoms with Crippen molar-refractivity contribution in [1.29, 1.82) is 0 Å². The van der Waals surface area contributed by atoms with Crippen LogP contribution in [0, 0.1) is 13.8 Å². The van der Waals surface area contributed by atoms with Crippen molar-refractivity contribution in [2.75, 3.05) is 47.3 Å². The Hall–Kier alpha value is -1.82. The maximum absolute atomic E-state index is 12.5. The van der Waals surface area contributed by atoms with Crippen LogP contribution >= 0.6 is 0 Å². The molecule has 0 spiro atoms. The first kappa shape index (κ1) is 18.5. The number of carbonyl (C=O) groups is 2. The van der Waals surface area contributed by atoms with E-state index in [-0.39, 0.29) is 11.8 Å². The Morgan fingerprint density at radius 3 is 2.17 bits per heavy atom. The second kappa shape index (κ2) is 7.38. The van der Waals surface area contributed by atoms with Gasteiger partial charge in [-0.15, -0.1) is 0 Å². The summed E-state index contributed by atoms with van der Waals surface area (Å²) in [6, 6.07) is 0. The molecular weight excluding hydrogens is 304 g/mol. The van der Waals surface area contributed by atoms with Crippen molar-refractivity contribution in [3.63, 3.8) is 0 Å². The summed E-state index contributed by atoms with van der Waals surface area (Å²) < 4.78 is 2.06. The van der Waals surface area contributed by atoms with Crippen LogP contribution in [0.2, 0.25) is 0 Å². The Bertz CT molecular complexity index is 625. The average Bonchev–Trinajstić information content (AvgIpc) is 2.75. The van der Waals surface area contributed by atoms with Crippen LogP contribution in [-0.4, -0.2) is 78.4 Å². The highest BCUT2D eigenvalue weighted by molar-refractivity contribution is 5.97. The summed E-state index contributed by atoms with van der Waals surface area (Å²) in [5, 5.41) is 0. The van der Waals surface area contributed by atoms with Crippen LogP contribution in [0.5, 0.6) is 0 Å². The first-order chi connectivity index (χ1) is 11.2. The lowest BCUT2D eigenvalue weighted by Crippen LogP contribution is -2.47. The lowest BCUT2D eigenvalue weighted by Gasteiger charge is -2.32. The SMILES string of the molecule is Cc1c(C(=O)N(C)C)c(C)n(C)c1CCC(=O)N1CCN(C)CC1. The molecule has 1 aliphatic heterocycles. The van der Waals surface area contributed by atoms with Crippen molar-refractivity contribution in [3.8, 4) is 0 Å². The monoisotopic (exact) mass is 334 g/mol. The number of rotatable bonds is 4. The van der Waals surface area contributed by atoms with Gasteiger partial charge in [-0.05, 0) is 32.9 Å². The van der Waals surface area contributed by atoms with Crippen LogP contribution in [-0.2, 0) is 18.3 Å². The molecule has 0 atom stereocenters. The Balaban J connectivity index is 2.09. The predicted molar refractivity (Wildman–Crippen MR) is 95.3 cm³/mol. The van der Waals surface area contributed by atoms with Gasteiger partial charge in [0, 0.05) is 65.1 Å². The van der Waals surface area contributed by atoms with Gasteiger partial charge in [0.1, 0.15) is 0 Å². The summed E-state index contributed by atoms with van der Waals surface area (Å²) >= 11 is 0. The Labute approximate surface area is 145 Å². The minimum Gasteiger partial charge on any atom is -0.351 e. The number of carbonyl (C=O) groups excluding carboxylic acids is 2. The van der Waals surface area contributed by atoms with Crippen molar-refractivity contribution >= 4 is 11.8 Å². The molecule has 24 heavy (non-hydrogen) atoms. The van der Waals surface area contributed by atoms with Crippen molar-refractivity contribution in [3.05, 3.63) is 22.5 Å². The zero-order chi connectivity index (χ0) is 18.0. The molecule has 2 heterocycles. The van der Waals surface area contributed by atoms with Gasteiger partial charge < -0.3 is 19.3 Å². The zero-order valence-corrected chi connectivity index (χ0v) is 15.8. The van der Waals surface area contributed by atoms with Gasteiger partial charge >= 0.3 is 0 Å². The van der Waals surface area contributed by atoms with E-state index in [0.717, 1.165) is 48.7 Å². The van der Waals surface area contributed by atoms with E-state index in [1.54, 1.807) is 19.0 Å². The molecule has 0 saturated carbocycles. The standard InChI is InChI=1S/C18H30N4O2/c1-13-15(21(6)14(2)17(13)18(24)19(3)4)7-8-16(23)22-11-9-20(5)10-12-22/h7-12H2,1-6H3. The van der Waals surface area contributed by atoms with Gasteiger partial charge in [-0.3, -0.25) is 9.59 Å². The molecule has 1 aliphatic rings. The molecule has 1 aromatic rings. The summed E-state index contributed by atoms with van der Waals surface area (Å²) in [5.74, 6) is 0.235. The number of hydrogen-bond acceptors (Lipinski definition) is 3. The van der Waals surface area contributed by atoms with E-state index >= 15 is 0 Å². The van der Waals surface area contributed by atoms with Crippen molar-refractivity contribution in [2.45, 2.75) is 26.7 Å². The molecule has 1 aromatic heterocycles. The molecule has 1 fully saturated rings. The number of nitrogens with zero attached hydrogens (tertiary/aromatic N) is 4. The van der Waals surface area contributed by atoms with Gasteiger partial charge in [0.15, 0.2) is 0 Å². The van der Waals surface area contributed by atoms with Crippen molar-refractivity contribution in [2.24, 2.45) is 7.05 Å². The highest BCUT2D eigenvalue weighted by Gasteiger charge is 2.24. The van der Waals surface area contributed by atoms with E-state index in [0.29, 0.717) is 12.8 Å². The number of aromatic nitrogens is 1. The Kier molecular flexibility index (Phi) is 5.70. The Morgan fingerprint density at radius 1 is 1.04 bits per heavy atom. The van der Waals surface area contributed by atoms with Crippen LogP contribution in [0.3, 0.4) is 0 Å². The van der Waals surface area contributed by atoms with E-state index in [1.165, 1.54) is 0 Å². The number of hydrogen-bond donors (Lipinski definition) is 0. The fourth-order valence-electron chi connectivity index (χ4n) is 3.37. The fourth-order valence-corrected chi connectivity index (χ4v) is 3.37. The largest absolute Gasteiger partial charge is 0.351 e. The van der Waals surface area contributed by atoms with Crippen LogP contribution in [0.4, 0.5) is 0 Å². The van der Waals surface area contributed by atoms with Gasteiger partial charge in [0.05, 0.1) is 5.56 Å². The fraction of sp³-hybridized carbons (Fsp3) is 0.667. The molecule has 134 valence electrons. The van der Waals surface area contributed by atoms with Gasteiger partial charge in [0.25, 0.3) is 5.91 Å². The summed E-state index contributed by atoms with van der Waals surface area (Å²) in [5.41, 5.74) is 3.82. The van der Waals surface area contributed by atoms with Crippen LogP contribution < -0.4 is 0 Å². The summed E-state index contributed by atoms with van der Waals surface area (Å²) in [6.07, 6.45) is 1.17. The Morgan fingerprint density at radius 2 is 1.62 bits per heavy atom. The molecule has 2 rings (SSSR count). The topological polar surface area (TPSA) is 48.8 Å². The number of likely N-dealkylation sites (N-methyl/N-ethyl adjacent to an activating group) is 1. The zero-order valence-electron chi connectivity index (χ0n) is 15.8. The smallest absolute Gasteiger partial charge is 0.255 e. The molecule has 0 aliphatic carbocycles. The molecule has 2 amide bonds. The lowest BCUT2D eigenvalue weighted by molar-refractivity contribution is -0.132. The molecule has 0 bridgehead atoms. The van der Waals surface area contributed by atoms with Gasteiger partial charge in [-0.1, -0.05) is 0 Å². The quantitative estimate of drug-likeness (QED) is 0.827. The number of piperazine rings is 1. The molecule has 0 aromatic carbocycles. The highest BCUT2D eigenvalue weighted by Crippen LogP contribution is 2.23. The molecule has 6 nitrogen and oxygen atoms in total. The first-order valence-corrected chi connectivity index (χ1v) is 8.56. The lowest BCUT2D eigenvalue weighted by atomic mass is 10.1. The maximum Gasteiger partial charge on any atom is 0.255 e. The summed E-state index contributed by atoms with van der Waals surface area (Å²) in [4.78, 5) is 30.7. The van der Waals surface area contributed by atoms with Crippen LogP contribution in [0.25, 0.3) is 0 Å². The first-order valence-electron chi connectivity index (χ1n) is 8.56. The summed E-state index contributed by atoms with van der Waals surface area (Å²) in [7, 11) is 7.60. The number of amides is 2. The van der Waals surface area contributed by atoms with E-state index in [4.69, 9.17) is 0 Å². The van der Waals surface area contributed by atoms with Gasteiger partial charge in [-0.25, -0.2) is 0 Å². The van der Waals surface area contributed by atoms with Crippen molar-refractivity contribution < 1.29 is 9.59 Å². The third-order valence-corrected chi connectivity index (χ3v) is 5.13. The normalized spacial score (nSPS) is 15.7. The highest BCUT2D eigenvalue weighted by atomic mass is 16.2. The van der Waals surface area contributed by atoms with Gasteiger partial charge in [0.2, 0.25) is 5.91 Å². The van der Waals surface area contributed by atoms with E-state index in [1.807, 2.05) is 25.8 Å². The van der Waals surface area contributed by atoms with E-state index in [9.17, 15) is 9.59 Å². The average molecular weight is 334 g/mol. The third-order valence-electron chi connectivity index (χ3n) is 5.13. The van der Waals surface area contributed by atoms with E-state index in [2.05, 4.69) is 16.5 Å². The molecule has 0 N–H and O–H groups in total. The molecular formula is C18H30N4O2. The molecule has 1 saturated heterocycles. The minimum absolute atomic E-state index is 0.0252. The summed E-state index contributed by atoms with van der Waals surface area (Å²) in [6.45, 7) is 7.45. The molecule has 0 unspecified atom stereocenters. The second-order valence-corrected chi connectivity index (χ2v) is 6.97. The van der Waals surface area contributed by atoms with Crippen molar-refractivity contribution in [1.82, 2.24) is 19.3 Å². The molecule has 0 radical (unpaired) electrons. The molecule has 6 heteroatoms. The predicted octanol–water partition coefficient (Wildman–Crippen LogP) is 1.05. The second-order valence-electron chi connectivity index (χ2n) is 6.97. The van der Waals surface area contributed by atoms with Crippen LogP contribution in [0.15, 0.2) is 0 Å². The van der Waals surface area contributed by atoms with E-state index < -0.39 is 0 Å². The maximum atomic E-state index is 12.5. The minimum atomic E-state index is 0.0252.